The van der Waals surface area contributed by atoms with Crippen LogP contribution in [-0.2, 0) is 6.54 Å². The molecule has 0 bridgehead atoms. The van der Waals surface area contributed by atoms with E-state index in [0.29, 0.717) is 6.54 Å². The van der Waals surface area contributed by atoms with Crippen LogP contribution in [0.2, 0.25) is 0 Å². The maximum atomic E-state index is 12.0. The third kappa shape index (κ3) is 2.52. The summed E-state index contributed by atoms with van der Waals surface area (Å²) in [6, 6.07) is 0.128. The molecule has 1 aliphatic rings. The first kappa shape index (κ1) is 11.4. The topological polar surface area (TPSA) is 36.4 Å². The van der Waals surface area contributed by atoms with E-state index in [2.05, 4.69) is 4.98 Å². The molecule has 0 spiro atoms. The first-order valence-corrected chi connectivity index (χ1v) is 6.46. The minimum Gasteiger partial charge on any atom is -0.325 e. The van der Waals surface area contributed by atoms with Crippen LogP contribution in [-0.4, -0.2) is 41.0 Å². The zero-order valence-corrected chi connectivity index (χ0v) is 10.6. The third-order valence-corrected chi connectivity index (χ3v) is 3.59. The molecule has 0 aromatic carbocycles. The first-order chi connectivity index (χ1) is 7.66. The maximum absolute atomic E-state index is 12.0. The Labute approximate surface area is 99.9 Å². The molecule has 1 aromatic heterocycles. The Morgan fingerprint density at radius 1 is 1.56 bits per heavy atom. The summed E-state index contributed by atoms with van der Waals surface area (Å²) < 4.78 is 0. The fourth-order valence-corrected chi connectivity index (χ4v) is 2.55. The number of thiazole rings is 1. The van der Waals surface area contributed by atoms with E-state index in [1.165, 1.54) is 0 Å². The Hall–Kier alpha value is -1.10. The second kappa shape index (κ2) is 4.82. The summed E-state index contributed by atoms with van der Waals surface area (Å²) in [7, 11) is 1.84. The van der Waals surface area contributed by atoms with Gasteiger partial charge in [-0.2, -0.15) is 0 Å². The number of nitrogens with zero attached hydrogens (tertiary/aromatic N) is 3. The molecule has 1 saturated heterocycles. The van der Waals surface area contributed by atoms with Gasteiger partial charge in [-0.25, -0.2) is 9.78 Å². The van der Waals surface area contributed by atoms with E-state index in [9.17, 15) is 4.79 Å². The van der Waals surface area contributed by atoms with Gasteiger partial charge in [0, 0.05) is 25.5 Å². The number of carbonyl (C=O) groups excluding carboxylic acids is 1. The molecule has 2 rings (SSSR count). The average Bonchev–Trinajstić information content (AvgIpc) is 2.88. The fraction of sp³-hybridized carbons (Fsp3) is 0.636. The van der Waals surface area contributed by atoms with E-state index in [1.54, 1.807) is 16.2 Å². The zero-order chi connectivity index (χ0) is 11.5. The van der Waals surface area contributed by atoms with Gasteiger partial charge in [-0.15, -0.1) is 11.3 Å². The van der Waals surface area contributed by atoms with Gasteiger partial charge in [-0.3, -0.25) is 0 Å². The molecular formula is C11H17N3OS. The van der Waals surface area contributed by atoms with Crippen molar-refractivity contribution in [3.8, 4) is 0 Å². The van der Waals surface area contributed by atoms with Crippen LogP contribution in [0.15, 0.2) is 5.38 Å². The number of amides is 2. The van der Waals surface area contributed by atoms with Crippen molar-refractivity contribution >= 4 is 17.4 Å². The number of hydrogen-bond donors (Lipinski definition) is 0. The highest BCUT2D eigenvalue weighted by atomic mass is 32.1. The number of likely N-dealkylation sites (tertiary alicyclic amines) is 1. The van der Waals surface area contributed by atoms with E-state index in [0.717, 1.165) is 36.6 Å². The van der Waals surface area contributed by atoms with Crippen LogP contribution in [0.4, 0.5) is 4.79 Å². The van der Waals surface area contributed by atoms with Crippen molar-refractivity contribution < 1.29 is 4.79 Å². The first-order valence-electron chi connectivity index (χ1n) is 5.58. The Bertz CT molecular complexity index is 371. The molecule has 0 radical (unpaired) electrons. The van der Waals surface area contributed by atoms with Crippen LogP contribution in [0.1, 0.15) is 23.5 Å². The lowest BCUT2D eigenvalue weighted by atomic mass is 10.4. The highest BCUT2D eigenvalue weighted by Crippen LogP contribution is 2.13. The summed E-state index contributed by atoms with van der Waals surface area (Å²) in [6.07, 6.45) is 2.27. The third-order valence-electron chi connectivity index (χ3n) is 2.77. The summed E-state index contributed by atoms with van der Waals surface area (Å²) >= 11 is 1.63. The molecular weight excluding hydrogens is 222 g/mol. The fourth-order valence-electron chi connectivity index (χ4n) is 1.94. The largest absolute Gasteiger partial charge is 0.325 e. The Morgan fingerprint density at radius 3 is 2.81 bits per heavy atom. The van der Waals surface area contributed by atoms with Crippen LogP contribution in [0, 0.1) is 6.92 Å². The molecule has 5 heteroatoms. The number of aromatic nitrogens is 1. The summed E-state index contributed by atoms with van der Waals surface area (Å²) in [5.41, 5.74) is 0.984. The van der Waals surface area contributed by atoms with E-state index in [1.807, 2.05) is 24.3 Å². The summed E-state index contributed by atoms with van der Waals surface area (Å²) in [4.78, 5) is 20.0. The number of carbonyl (C=O) groups is 1. The predicted octanol–water partition coefficient (Wildman–Crippen LogP) is 2.10. The van der Waals surface area contributed by atoms with Crippen molar-refractivity contribution in [3.05, 3.63) is 16.1 Å². The van der Waals surface area contributed by atoms with Crippen molar-refractivity contribution in [3.63, 3.8) is 0 Å². The van der Waals surface area contributed by atoms with E-state index in [4.69, 9.17) is 0 Å². The highest BCUT2D eigenvalue weighted by molar-refractivity contribution is 7.09. The summed E-state index contributed by atoms with van der Waals surface area (Å²) in [6.45, 7) is 4.40. The lowest BCUT2D eigenvalue weighted by Gasteiger charge is -2.23. The molecule has 1 aliphatic heterocycles. The molecule has 88 valence electrons. The van der Waals surface area contributed by atoms with Crippen molar-refractivity contribution in [2.45, 2.75) is 26.3 Å². The molecule has 0 aliphatic carbocycles. The quantitative estimate of drug-likeness (QED) is 0.792. The van der Waals surface area contributed by atoms with Crippen molar-refractivity contribution in [1.82, 2.24) is 14.8 Å². The van der Waals surface area contributed by atoms with Gasteiger partial charge in [-0.1, -0.05) is 0 Å². The molecule has 0 N–H and O–H groups in total. The Kier molecular flexibility index (Phi) is 3.43. The summed E-state index contributed by atoms with van der Waals surface area (Å²) in [5, 5.41) is 3.07. The van der Waals surface area contributed by atoms with Crippen LogP contribution in [0.5, 0.6) is 0 Å². The maximum Gasteiger partial charge on any atom is 0.320 e. The van der Waals surface area contributed by atoms with Gasteiger partial charge in [0.1, 0.15) is 0 Å². The lowest BCUT2D eigenvalue weighted by Crippen LogP contribution is -2.39. The Morgan fingerprint density at radius 2 is 2.25 bits per heavy atom. The predicted molar refractivity (Wildman–Crippen MR) is 64.5 cm³/mol. The van der Waals surface area contributed by atoms with Gasteiger partial charge in [0.15, 0.2) is 0 Å². The molecule has 16 heavy (non-hydrogen) atoms. The highest BCUT2D eigenvalue weighted by Gasteiger charge is 2.21. The van der Waals surface area contributed by atoms with Gasteiger partial charge in [0.25, 0.3) is 0 Å². The Balaban J connectivity index is 1.91. The minimum absolute atomic E-state index is 0.128. The van der Waals surface area contributed by atoms with Crippen molar-refractivity contribution in [2.75, 3.05) is 20.1 Å². The molecule has 1 aromatic rings. The average molecular weight is 239 g/mol. The van der Waals surface area contributed by atoms with Crippen LogP contribution in [0.25, 0.3) is 0 Å². The monoisotopic (exact) mass is 239 g/mol. The number of aryl methyl sites for hydroxylation is 1. The smallest absolute Gasteiger partial charge is 0.320 e. The standard InChI is InChI=1S/C11H17N3OS/c1-9-12-10(8-16-9)7-13(2)11(15)14-5-3-4-6-14/h8H,3-7H2,1-2H3. The van der Waals surface area contributed by atoms with Gasteiger partial charge >= 0.3 is 6.03 Å². The van der Waals surface area contributed by atoms with Crippen LogP contribution in [0.3, 0.4) is 0 Å². The number of hydrogen-bond acceptors (Lipinski definition) is 3. The van der Waals surface area contributed by atoms with Gasteiger partial charge < -0.3 is 9.80 Å². The molecule has 4 nitrogen and oxygen atoms in total. The zero-order valence-electron chi connectivity index (χ0n) is 9.77. The SMILES string of the molecule is Cc1nc(CN(C)C(=O)N2CCCC2)cs1. The molecule has 2 heterocycles. The van der Waals surface area contributed by atoms with E-state index < -0.39 is 0 Å². The summed E-state index contributed by atoms with van der Waals surface area (Å²) in [5.74, 6) is 0. The molecule has 1 fully saturated rings. The van der Waals surface area contributed by atoms with Gasteiger partial charge in [0.2, 0.25) is 0 Å². The van der Waals surface area contributed by atoms with Crippen LogP contribution < -0.4 is 0 Å². The molecule has 0 atom stereocenters. The normalized spacial score (nSPS) is 15.5. The van der Waals surface area contributed by atoms with Crippen LogP contribution >= 0.6 is 11.3 Å². The lowest BCUT2D eigenvalue weighted by molar-refractivity contribution is 0.170. The van der Waals surface area contributed by atoms with Crippen molar-refractivity contribution in [2.24, 2.45) is 0 Å². The van der Waals surface area contributed by atoms with Crippen molar-refractivity contribution in [1.29, 1.82) is 0 Å². The molecule has 0 saturated carbocycles. The molecule has 2 amide bonds. The molecule has 0 unspecified atom stereocenters. The number of urea groups is 1. The minimum atomic E-state index is 0.128. The van der Waals surface area contributed by atoms with Gasteiger partial charge in [-0.05, 0) is 19.8 Å². The van der Waals surface area contributed by atoms with E-state index >= 15 is 0 Å². The second-order valence-corrected chi connectivity index (χ2v) is 5.25. The number of rotatable bonds is 2. The van der Waals surface area contributed by atoms with Gasteiger partial charge in [0.05, 0.1) is 17.2 Å². The second-order valence-electron chi connectivity index (χ2n) is 4.19. The van der Waals surface area contributed by atoms with E-state index in [-0.39, 0.29) is 6.03 Å².